The Kier molecular flexibility index (Phi) is 4.99. The first-order valence-electron chi connectivity index (χ1n) is 9.59. The number of rotatable bonds is 3. The van der Waals surface area contributed by atoms with Crippen LogP contribution in [0.25, 0.3) is 11.4 Å². The molecular weight excluding hydrogens is 342 g/mol. The highest BCUT2D eigenvalue weighted by Gasteiger charge is 2.48. The molecule has 0 aliphatic carbocycles. The van der Waals surface area contributed by atoms with Crippen LogP contribution in [0.5, 0.6) is 0 Å². The molecule has 2 aromatic rings. The summed E-state index contributed by atoms with van der Waals surface area (Å²) in [6, 6.07) is 9.97. The molecule has 2 aliphatic heterocycles. The van der Waals surface area contributed by atoms with Crippen molar-refractivity contribution < 1.29 is 14.9 Å². The zero-order valence-corrected chi connectivity index (χ0v) is 15.7. The van der Waals surface area contributed by atoms with Crippen LogP contribution in [-0.4, -0.2) is 62.1 Å². The third kappa shape index (κ3) is 4.04. The van der Waals surface area contributed by atoms with Crippen molar-refractivity contribution in [2.24, 2.45) is 0 Å². The van der Waals surface area contributed by atoms with Crippen LogP contribution in [0, 0.1) is 0 Å². The predicted octanol–water partition coefficient (Wildman–Crippen LogP) is 2.01. The molecule has 3 heterocycles. The molecule has 2 atom stereocenters. The molecule has 0 radical (unpaired) electrons. The maximum Gasteiger partial charge on any atom is 0.159 e. The maximum absolute atomic E-state index is 10.4. The summed E-state index contributed by atoms with van der Waals surface area (Å²) in [7, 11) is 0. The molecule has 1 aromatic heterocycles. The highest BCUT2D eigenvalue weighted by molar-refractivity contribution is 5.53. The molecule has 4 rings (SSSR count). The highest BCUT2D eigenvalue weighted by Crippen LogP contribution is 2.39. The summed E-state index contributed by atoms with van der Waals surface area (Å²) in [6.45, 7) is 4.52. The normalized spacial score (nSPS) is 28.3. The van der Waals surface area contributed by atoms with Gasteiger partial charge in [-0.1, -0.05) is 30.3 Å². The number of benzene rings is 1. The largest absolute Gasteiger partial charge is 0.388 e. The van der Waals surface area contributed by atoms with Gasteiger partial charge in [0.15, 0.2) is 5.82 Å². The van der Waals surface area contributed by atoms with Gasteiger partial charge in [-0.2, -0.15) is 0 Å². The van der Waals surface area contributed by atoms with Gasteiger partial charge in [-0.3, -0.25) is 4.90 Å². The van der Waals surface area contributed by atoms with Gasteiger partial charge >= 0.3 is 0 Å². The number of hydrogen-bond acceptors (Lipinski definition) is 6. The molecule has 2 N–H and O–H groups in total. The highest BCUT2D eigenvalue weighted by atomic mass is 16.5. The van der Waals surface area contributed by atoms with Crippen LogP contribution >= 0.6 is 0 Å². The number of ether oxygens (including phenoxy) is 1. The van der Waals surface area contributed by atoms with Gasteiger partial charge in [0, 0.05) is 49.6 Å². The third-order valence-corrected chi connectivity index (χ3v) is 5.86. The van der Waals surface area contributed by atoms with E-state index in [4.69, 9.17) is 4.74 Å². The lowest BCUT2D eigenvalue weighted by molar-refractivity contribution is -0.223. The summed E-state index contributed by atoms with van der Waals surface area (Å²) >= 11 is 0. The van der Waals surface area contributed by atoms with Crippen LogP contribution < -0.4 is 0 Å². The first-order chi connectivity index (χ1) is 13.0. The van der Waals surface area contributed by atoms with Gasteiger partial charge in [-0.05, 0) is 19.8 Å². The van der Waals surface area contributed by atoms with Crippen molar-refractivity contribution in [2.45, 2.75) is 50.0 Å². The van der Waals surface area contributed by atoms with Crippen molar-refractivity contribution >= 4 is 0 Å². The first kappa shape index (κ1) is 18.5. The lowest BCUT2D eigenvalue weighted by Crippen LogP contribution is -2.59. The molecule has 27 heavy (non-hydrogen) atoms. The quantitative estimate of drug-likeness (QED) is 0.862. The topological polar surface area (TPSA) is 78.7 Å². The second-order valence-corrected chi connectivity index (χ2v) is 8.10. The first-order valence-corrected chi connectivity index (χ1v) is 9.59. The second kappa shape index (κ2) is 7.28. The summed E-state index contributed by atoms with van der Waals surface area (Å²) in [6.07, 6.45) is 5.21. The van der Waals surface area contributed by atoms with E-state index in [1.54, 1.807) is 6.92 Å². The monoisotopic (exact) mass is 369 g/mol. The Morgan fingerprint density at radius 1 is 1.15 bits per heavy atom. The number of aromatic nitrogens is 2. The molecule has 6 nitrogen and oxygen atoms in total. The van der Waals surface area contributed by atoms with Crippen molar-refractivity contribution in [3.63, 3.8) is 0 Å². The molecule has 2 saturated heterocycles. The Bertz CT molecular complexity index is 756. The van der Waals surface area contributed by atoms with E-state index in [1.165, 1.54) is 0 Å². The molecule has 0 bridgehead atoms. The van der Waals surface area contributed by atoms with E-state index < -0.39 is 11.7 Å². The van der Waals surface area contributed by atoms with Gasteiger partial charge in [-0.15, -0.1) is 0 Å². The SMILES string of the molecule is C[C@]1(O)CC2(CCN(Cc3cnc(-c4ccccc4)nc3)CC2)OC[C@@H]1O. The molecule has 1 spiro atoms. The van der Waals surface area contributed by atoms with Crippen LogP contribution in [0.1, 0.15) is 31.7 Å². The van der Waals surface area contributed by atoms with Gasteiger partial charge in [-0.25, -0.2) is 9.97 Å². The zero-order chi connectivity index (χ0) is 18.9. The standard InChI is InChI=1S/C21H27N3O3/c1-20(26)15-21(27-14-18(20)25)7-9-24(10-8-21)13-16-11-22-19(23-12-16)17-5-3-2-4-6-17/h2-6,11-12,18,25-26H,7-10,13-15H2,1H3/t18-,20-/m0/s1. The van der Waals surface area contributed by atoms with Crippen molar-refractivity contribution in [3.8, 4) is 11.4 Å². The van der Waals surface area contributed by atoms with E-state index in [1.807, 2.05) is 42.7 Å². The van der Waals surface area contributed by atoms with Crippen molar-refractivity contribution in [1.29, 1.82) is 0 Å². The van der Waals surface area contributed by atoms with Crippen LogP contribution in [0.3, 0.4) is 0 Å². The molecule has 2 aliphatic rings. The van der Waals surface area contributed by atoms with E-state index in [2.05, 4.69) is 14.9 Å². The average Bonchev–Trinajstić information content (AvgIpc) is 2.68. The van der Waals surface area contributed by atoms with Crippen LogP contribution in [-0.2, 0) is 11.3 Å². The van der Waals surface area contributed by atoms with Gasteiger partial charge in [0.2, 0.25) is 0 Å². The average molecular weight is 369 g/mol. The van der Waals surface area contributed by atoms with E-state index in [-0.39, 0.29) is 12.2 Å². The van der Waals surface area contributed by atoms with Crippen molar-refractivity contribution in [2.75, 3.05) is 19.7 Å². The molecule has 1 aromatic carbocycles. The fraction of sp³-hybridized carbons (Fsp3) is 0.524. The van der Waals surface area contributed by atoms with Crippen molar-refractivity contribution in [3.05, 3.63) is 48.3 Å². The smallest absolute Gasteiger partial charge is 0.159 e. The Balaban J connectivity index is 1.34. The molecule has 0 saturated carbocycles. The minimum atomic E-state index is -1.07. The number of aliphatic hydroxyl groups excluding tert-OH is 1. The minimum absolute atomic E-state index is 0.210. The zero-order valence-electron chi connectivity index (χ0n) is 15.7. The van der Waals surface area contributed by atoms with E-state index in [0.717, 1.165) is 49.4 Å². The summed E-state index contributed by atoms with van der Waals surface area (Å²) in [5.41, 5.74) is 0.735. The van der Waals surface area contributed by atoms with Gasteiger partial charge < -0.3 is 14.9 Å². The Hall–Kier alpha value is -1.86. The summed E-state index contributed by atoms with van der Waals surface area (Å²) in [5, 5.41) is 20.3. The van der Waals surface area contributed by atoms with Crippen LogP contribution in [0.4, 0.5) is 0 Å². The van der Waals surface area contributed by atoms with E-state index >= 15 is 0 Å². The number of hydrogen-bond donors (Lipinski definition) is 2. The summed E-state index contributed by atoms with van der Waals surface area (Å²) in [5.74, 6) is 0.744. The predicted molar refractivity (Wildman–Crippen MR) is 102 cm³/mol. The molecule has 2 fully saturated rings. The Labute approximate surface area is 159 Å². The molecule has 6 heteroatoms. The molecular formula is C21H27N3O3. The fourth-order valence-electron chi connectivity index (χ4n) is 4.13. The number of piperidine rings is 1. The lowest BCUT2D eigenvalue weighted by Gasteiger charge is -2.49. The van der Waals surface area contributed by atoms with E-state index in [9.17, 15) is 10.2 Å². The second-order valence-electron chi connectivity index (χ2n) is 8.10. The van der Waals surface area contributed by atoms with Crippen molar-refractivity contribution in [1.82, 2.24) is 14.9 Å². The lowest BCUT2D eigenvalue weighted by atomic mass is 9.76. The van der Waals surface area contributed by atoms with Crippen LogP contribution in [0.2, 0.25) is 0 Å². The summed E-state index contributed by atoms with van der Waals surface area (Å²) in [4.78, 5) is 11.4. The maximum atomic E-state index is 10.4. The molecule has 144 valence electrons. The number of nitrogens with zero attached hydrogens (tertiary/aromatic N) is 3. The summed E-state index contributed by atoms with van der Waals surface area (Å²) < 4.78 is 5.96. The van der Waals surface area contributed by atoms with E-state index in [0.29, 0.717) is 6.42 Å². The Morgan fingerprint density at radius 3 is 2.44 bits per heavy atom. The Morgan fingerprint density at radius 2 is 1.81 bits per heavy atom. The number of aliphatic hydroxyl groups is 2. The molecule has 0 amide bonds. The van der Waals surface area contributed by atoms with Gasteiger partial charge in [0.1, 0.15) is 6.10 Å². The van der Waals surface area contributed by atoms with Gasteiger partial charge in [0.25, 0.3) is 0 Å². The van der Waals surface area contributed by atoms with Crippen LogP contribution in [0.15, 0.2) is 42.7 Å². The van der Waals surface area contributed by atoms with Gasteiger partial charge in [0.05, 0.1) is 17.8 Å². The molecule has 0 unspecified atom stereocenters. The fourth-order valence-corrected chi connectivity index (χ4v) is 4.13. The minimum Gasteiger partial charge on any atom is -0.388 e. The number of likely N-dealkylation sites (tertiary alicyclic amines) is 1. The third-order valence-electron chi connectivity index (χ3n) is 5.86.